The molecule has 37 heavy (non-hydrogen) atoms. The second kappa shape index (κ2) is 8.68. The summed E-state index contributed by atoms with van der Waals surface area (Å²) in [4.78, 5) is 24.5. The minimum absolute atomic E-state index is 0.214. The molecule has 0 bridgehead atoms. The fraction of sp³-hybridized carbons (Fsp3) is 0.417. The van der Waals surface area contributed by atoms with E-state index in [1.165, 1.54) is 10.7 Å². The predicted octanol–water partition coefficient (Wildman–Crippen LogP) is 3.26. The van der Waals surface area contributed by atoms with Crippen LogP contribution in [0, 0.1) is 22.7 Å². The Morgan fingerprint density at radius 3 is 2.65 bits per heavy atom. The highest BCUT2D eigenvalue weighted by Crippen LogP contribution is 2.40. The topological polar surface area (TPSA) is 148 Å². The monoisotopic (exact) mass is 518 g/mol. The van der Waals surface area contributed by atoms with Crippen molar-refractivity contribution in [3.05, 3.63) is 34.6 Å². The quantitative estimate of drug-likeness (QED) is 0.515. The summed E-state index contributed by atoms with van der Waals surface area (Å²) < 4.78 is 7.10. The zero-order valence-electron chi connectivity index (χ0n) is 20.0. The number of hydrogen-bond donors (Lipinski definition) is 2. The molecule has 2 N–H and O–H groups in total. The van der Waals surface area contributed by atoms with Gasteiger partial charge in [0, 0.05) is 39.0 Å². The van der Waals surface area contributed by atoms with Crippen LogP contribution in [0.25, 0.3) is 5.65 Å². The second-order valence-electron chi connectivity index (χ2n) is 9.68. The third kappa shape index (κ3) is 4.19. The highest BCUT2D eigenvalue weighted by atomic mass is 35.5. The van der Waals surface area contributed by atoms with E-state index in [9.17, 15) is 15.3 Å². The number of amides is 1. The van der Waals surface area contributed by atoms with Crippen LogP contribution < -0.4 is 15.5 Å². The first-order valence-electron chi connectivity index (χ1n) is 12.0. The lowest BCUT2D eigenvalue weighted by Crippen LogP contribution is -2.46. The Kier molecular flexibility index (Phi) is 5.42. The number of fused-ring (bicyclic) bond motifs is 1. The average molecular weight is 519 g/mol. The average Bonchev–Trinajstić information content (AvgIpc) is 3.54. The van der Waals surface area contributed by atoms with Crippen LogP contribution >= 0.6 is 11.6 Å². The Hall–Kier alpha value is -4.29. The molecule has 1 amide bonds. The van der Waals surface area contributed by atoms with Gasteiger partial charge in [0.25, 0.3) is 0 Å². The number of nitrogens with one attached hydrogen (secondary N) is 2. The van der Waals surface area contributed by atoms with Crippen molar-refractivity contribution in [1.82, 2.24) is 24.5 Å². The van der Waals surface area contributed by atoms with Gasteiger partial charge in [0.2, 0.25) is 5.95 Å². The molecule has 0 radical (unpaired) electrons. The summed E-state index contributed by atoms with van der Waals surface area (Å²) in [5, 5.41) is 30.5. The molecule has 1 spiro atoms. The predicted molar refractivity (Wildman–Crippen MR) is 135 cm³/mol. The number of benzene rings is 1. The number of rotatable bonds is 5. The van der Waals surface area contributed by atoms with Crippen molar-refractivity contribution in [2.45, 2.75) is 37.3 Å². The van der Waals surface area contributed by atoms with E-state index in [0.29, 0.717) is 71.9 Å². The van der Waals surface area contributed by atoms with Crippen LogP contribution in [0.2, 0.25) is 5.02 Å². The third-order valence-electron chi connectivity index (χ3n) is 6.98. The minimum Gasteiger partial charge on any atom is -0.441 e. The Morgan fingerprint density at radius 1 is 1.22 bits per heavy atom. The van der Waals surface area contributed by atoms with Gasteiger partial charge in [0.05, 0.1) is 40.8 Å². The van der Waals surface area contributed by atoms with Crippen LogP contribution in [-0.2, 0) is 4.74 Å². The normalized spacial score (nSPS) is 18.5. The Morgan fingerprint density at radius 2 is 2.00 bits per heavy atom. The Labute approximate surface area is 217 Å². The summed E-state index contributed by atoms with van der Waals surface area (Å²) in [6.45, 7) is 1.80. The van der Waals surface area contributed by atoms with Gasteiger partial charge in [0.15, 0.2) is 17.2 Å². The minimum atomic E-state index is -0.486. The number of piperidine rings is 1. The van der Waals surface area contributed by atoms with E-state index in [0.717, 1.165) is 12.8 Å². The first-order valence-corrected chi connectivity index (χ1v) is 12.4. The molecule has 6 rings (SSSR count). The molecule has 3 aliphatic rings. The van der Waals surface area contributed by atoms with Gasteiger partial charge in [-0.2, -0.15) is 20.0 Å². The Balaban J connectivity index is 1.31. The maximum atomic E-state index is 11.9. The smallest absolute Gasteiger partial charge is 0.410 e. The van der Waals surface area contributed by atoms with E-state index in [2.05, 4.69) is 42.7 Å². The van der Waals surface area contributed by atoms with Crippen LogP contribution in [0.3, 0.4) is 0 Å². The van der Waals surface area contributed by atoms with Crippen molar-refractivity contribution in [2.75, 3.05) is 42.2 Å². The second-order valence-corrected chi connectivity index (χ2v) is 10.1. The molecule has 188 valence electrons. The number of aromatic nitrogens is 4. The van der Waals surface area contributed by atoms with Crippen molar-refractivity contribution in [3.8, 4) is 12.1 Å². The molecule has 1 saturated carbocycles. The maximum Gasteiger partial charge on any atom is 0.410 e. The molecular weight excluding hydrogens is 496 g/mol. The molecule has 2 aromatic heterocycles. The van der Waals surface area contributed by atoms with E-state index in [-0.39, 0.29) is 17.7 Å². The lowest BCUT2D eigenvalue weighted by Gasteiger charge is -2.39. The molecule has 0 unspecified atom stereocenters. The number of imidazole rings is 1. The van der Waals surface area contributed by atoms with Crippen LogP contribution in [-0.4, -0.2) is 68.9 Å². The standard InChI is InChI=1S/C24H23ClN10O2/c1-33-13-24(37-23(33)36)4-6-34(7-5-24)18-9-14(10-26)8-17(19(18)25)30-22-31-20(29-15-2-3-15)21-28-12-16(11-27)35(21)32-22/h8-9,12,15H,2-7,13H2,1H3,(H2,29,30,31,32). The summed E-state index contributed by atoms with van der Waals surface area (Å²) in [6, 6.07) is 8.00. The fourth-order valence-corrected chi connectivity index (χ4v) is 5.13. The number of nitriles is 2. The molecule has 3 aromatic rings. The van der Waals surface area contributed by atoms with Gasteiger partial charge in [-0.3, -0.25) is 0 Å². The summed E-state index contributed by atoms with van der Waals surface area (Å²) in [6.07, 6.45) is 4.55. The number of halogens is 1. The molecule has 4 heterocycles. The van der Waals surface area contributed by atoms with E-state index in [4.69, 9.17) is 16.3 Å². The molecule has 12 nitrogen and oxygen atoms in total. The Bertz CT molecular complexity index is 1490. The number of anilines is 4. The molecule has 1 aliphatic carbocycles. The summed E-state index contributed by atoms with van der Waals surface area (Å²) in [5.74, 6) is 0.735. The van der Waals surface area contributed by atoms with Crippen molar-refractivity contribution in [2.24, 2.45) is 0 Å². The van der Waals surface area contributed by atoms with Gasteiger partial charge in [-0.05, 0) is 25.0 Å². The summed E-state index contributed by atoms with van der Waals surface area (Å²) in [5.41, 5.74) is 1.85. The molecule has 13 heteroatoms. The molecule has 3 fully saturated rings. The number of carbonyl (C=O) groups is 1. The van der Waals surface area contributed by atoms with Crippen LogP contribution in [0.15, 0.2) is 18.3 Å². The molecule has 2 aliphatic heterocycles. The third-order valence-corrected chi connectivity index (χ3v) is 7.38. The maximum absolute atomic E-state index is 11.9. The van der Waals surface area contributed by atoms with Crippen LogP contribution in [0.1, 0.15) is 36.9 Å². The SMILES string of the molecule is CN1CC2(CCN(c3cc(C#N)cc(Nc4nc(NC5CC5)c5ncc(C#N)n5n4)c3Cl)CC2)OC1=O. The largest absolute Gasteiger partial charge is 0.441 e. The number of carbonyl (C=O) groups excluding carboxylic acids is 1. The number of hydrogen-bond acceptors (Lipinski definition) is 10. The van der Waals surface area contributed by atoms with Crippen molar-refractivity contribution >= 4 is 46.5 Å². The molecule has 0 atom stereocenters. The molecule has 2 saturated heterocycles. The number of likely N-dealkylation sites (N-methyl/N-ethyl adjacent to an activating group) is 1. The van der Waals surface area contributed by atoms with E-state index < -0.39 is 5.60 Å². The van der Waals surface area contributed by atoms with Crippen molar-refractivity contribution < 1.29 is 9.53 Å². The number of nitrogens with zero attached hydrogens (tertiary/aromatic N) is 8. The van der Waals surface area contributed by atoms with Gasteiger partial charge >= 0.3 is 6.09 Å². The van der Waals surface area contributed by atoms with E-state index in [1.54, 1.807) is 24.1 Å². The van der Waals surface area contributed by atoms with Gasteiger partial charge in [-0.15, -0.1) is 5.10 Å². The summed E-state index contributed by atoms with van der Waals surface area (Å²) in [7, 11) is 1.74. The van der Waals surface area contributed by atoms with Gasteiger partial charge < -0.3 is 25.2 Å². The lowest BCUT2D eigenvalue weighted by atomic mass is 9.91. The van der Waals surface area contributed by atoms with E-state index >= 15 is 0 Å². The van der Waals surface area contributed by atoms with Crippen molar-refractivity contribution in [1.29, 1.82) is 10.5 Å². The number of ether oxygens (including phenoxy) is 1. The van der Waals surface area contributed by atoms with E-state index in [1.807, 2.05) is 0 Å². The fourth-order valence-electron chi connectivity index (χ4n) is 4.85. The van der Waals surface area contributed by atoms with Gasteiger partial charge in [-0.1, -0.05) is 11.6 Å². The van der Waals surface area contributed by atoms with Crippen LogP contribution in [0.4, 0.5) is 27.9 Å². The zero-order valence-corrected chi connectivity index (χ0v) is 20.8. The summed E-state index contributed by atoms with van der Waals surface area (Å²) >= 11 is 6.86. The van der Waals surface area contributed by atoms with Crippen molar-refractivity contribution in [3.63, 3.8) is 0 Å². The first-order chi connectivity index (χ1) is 17.9. The van der Waals surface area contributed by atoms with Gasteiger partial charge in [-0.25, -0.2) is 9.78 Å². The van der Waals surface area contributed by atoms with Gasteiger partial charge in [0.1, 0.15) is 11.7 Å². The van der Waals surface area contributed by atoms with Crippen LogP contribution in [0.5, 0.6) is 0 Å². The molecular formula is C24H23ClN10O2. The highest BCUT2D eigenvalue weighted by molar-refractivity contribution is 6.36. The lowest BCUT2D eigenvalue weighted by molar-refractivity contribution is 0.0367. The zero-order chi connectivity index (χ0) is 25.7. The first kappa shape index (κ1) is 23.1. The molecule has 1 aromatic carbocycles. The highest BCUT2D eigenvalue weighted by Gasteiger charge is 2.46.